The van der Waals surface area contributed by atoms with E-state index in [4.69, 9.17) is 11.6 Å². The number of benzene rings is 2. The third kappa shape index (κ3) is 3.05. The fourth-order valence-electron chi connectivity index (χ4n) is 3.09. The number of hydrogen-bond donors (Lipinski definition) is 1. The normalized spacial score (nSPS) is 17.8. The largest absolute Gasteiger partial charge is 0.312 e. The van der Waals surface area contributed by atoms with Gasteiger partial charge in [0, 0.05) is 18.1 Å². The van der Waals surface area contributed by atoms with E-state index in [2.05, 4.69) is 35.6 Å². The fraction of sp³-hybridized carbons (Fsp3) is 0.333. The predicted molar refractivity (Wildman–Crippen MR) is 85.3 cm³/mol. The van der Waals surface area contributed by atoms with E-state index in [0.717, 1.165) is 18.1 Å². The van der Waals surface area contributed by atoms with Crippen molar-refractivity contribution in [1.82, 2.24) is 5.32 Å². The van der Waals surface area contributed by atoms with Gasteiger partial charge in [-0.25, -0.2) is 0 Å². The lowest BCUT2D eigenvalue weighted by Gasteiger charge is -2.25. The first-order valence-corrected chi connectivity index (χ1v) is 7.74. The van der Waals surface area contributed by atoms with Crippen molar-refractivity contribution in [2.24, 2.45) is 0 Å². The number of aryl methyl sites for hydroxylation is 1. The van der Waals surface area contributed by atoms with Crippen LogP contribution >= 0.6 is 11.6 Å². The van der Waals surface area contributed by atoms with Gasteiger partial charge in [0.1, 0.15) is 0 Å². The second-order valence-corrected chi connectivity index (χ2v) is 5.92. The maximum atomic E-state index is 6.19. The summed E-state index contributed by atoms with van der Waals surface area (Å²) in [5, 5.41) is 4.42. The van der Waals surface area contributed by atoms with E-state index in [9.17, 15) is 0 Å². The van der Waals surface area contributed by atoms with Crippen LogP contribution in [0, 0.1) is 0 Å². The first-order valence-electron chi connectivity index (χ1n) is 7.36. The zero-order valence-electron chi connectivity index (χ0n) is 11.6. The molecule has 2 heteroatoms. The average Bonchev–Trinajstić information content (AvgIpc) is 2.49. The van der Waals surface area contributed by atoms with E-state index in [0.29, 0.717) is 5.92 Å². The molecule has 0 amide bonds. The number of hydrogen-bond acceptors (Lipinski definition) is 1. The number of halogens is 1. The Morgan fingerprint density at radius 2 is 1.85 bits per heavy atom. The van der Waals surface area contributed by atoms with Crippen LogP contribution in [0.4, 0.5) is 0 Å². The summed E-state index contributed by atoms with van der Waals surface area (Å²) in [5.74, 6) is 0.641. The van der Waals surface area contributed by atoms with E-state index in [-0.39, 0.29) is 0 Å². The quantitative estimate of drug-likeness (QED) is 0.869. The minimum absolute atomic E-state index is 0.641. The van der Waals surface area contributed by atoms with Crippen molar-refractivity contribution >= 4 is 11.6 Å². The molecule has 0 heterocycles. The first kappa shape index (κ1) is 13.7. The molecule has 2 aromatic carbocycles. The molecule has 1 atom stereocenters. The highest BCUT2D eigenvalue weighted by Gasteiger charge is 2.19. The molecule has 0 aliphatic heterocycles. The molecule has 1 aliphatic rings. The van der Waals surface area contributed by atoms with E-state index < -0.39 is 0 Å². The highest BCUT2D eigenvalue weighted by Crippen LogP contribution is 2.30. The second-order valence-electron chi connectivity index (χ2n) is 5.51. The number of nitrogens with one attached hydrogen (secondary N) is 1. The lowest BCUT2D eigenvalue weighted by Crippen LogP contribution is -2.24. The maximum absolute atomic E-state index is 6.19. The summed E-state index contributed by atoms with van der Waals surface area (Å²) in [7, 11) is 0. The summed E-state index contributed by atoms with van der Waals surface area (Å²) in [4.78, 5) is 0. The van der Waals surface area contributed by atoms with Gasteiger partial charge in [0.05, 0.1) is 0 Å². The summed E-state index contributed by atoms with van der Waals surface area (Å²) < 4.78 is 0. The smallest absolute Gasteiger partial charge is 0.0450 e. The topological polar surface area (TPSA) is 12.0 Å². The lowest BCUT2D eigenvalue weighted by molar-refractivity contribution is 0.507. The molecule has 3 rings (SSSR count). The molecule has 0 aromatic heterocycles. The fourth-order valence-corrected chi connectivity index (χ4v) is 3.29. The van der Waals surface area contributed by atoms with Gasteiger partial charge in [-0.1, -0.05) is 54.1 Å². The summed E-state index contributed by atoms with van der Waals surface area (Å²) in [6.07, 6.45) is 3.82. The standard InChI is InChI=1S/C18H20ClN/c19-18-11-4-2-7-16(18)13-20-12-15-9-5-8-14-6-1-3-10-17(14)15/h1-4,6-7,10-11,15,20H,5,8-9,12-13H2. The zero-order valence-corrected chi connectivity index (χ0v) is 12.4. The maximum Gasteiger partial charge on any atom is 0.0450 e. The molecule has 1 aliphatic carbocycles. The molecule has 0 spiro atoms. The molecule has 1 unspecified atom stereocenters. The van der Waals surface area contributed by atoms with E-state index in [1.54, 1.807) is 0 Å². The molecule has 1 N–H and O–H groups in total. The van der Waals surface area contributed by atoms with Gasteiger partial charge in [-0.05, 0) is 47.9 Å². The molecule has 0 bridgehead atoms. The first-order chi connectivity index (χ1) is 9.84. The van der Waals surface area contributed by atoms with E-state index in [1.165, 1.54) is 36.0 Å². The van der Waals surface area contributed by atoms with Gasteiger partial charge in [0.15, 0.2) is 0 Å². The zero-order chi connectivity index (χ0) is 13.8. The van der Waals surface area contributed by atoms with Crippen LogP contribution in [-0.2, 0) is 13.0 Å². The molecule has 0 radical (unpaired) electrons. The minimum Gasteiger partial charge on any atom is -0.312 e. The molecule has 2 aromatic rings. The Morgan fingerprint density at radius 1 is 1.05 bits per heavy atom. The Bertz CT molecular complexity index is 579. The SMILES string of the molecule is Clc1ccccc1CNCC1CCCc2ccccc21. The van der Waals surface area contributed by atoms with Crippen LogP contribution < -0.4 is 5.32 Å². The van der Waals surface area contributed by atoms with Crippen LogP contribution in [-0.4, -0.2) is 6.54 Å². The number of fused-ring (bicyclic) bond motifs is 1. The van der Waals surface area contributed by atoms with Crippen molar-refractivity contribution in [2.45, 2.75) is 31.7 Å². The van der Waals surface area contributed by atoms with Crippen molar-refractivity contribution in [3.63, 3.8) is 0 Å². The van der Waals surface area contributed by atoms with Crippen LogP contribution in [0.2, 0.25) is 5.02 Å². The van der Waals surface area contributed by atoms with Crippen LogP contribution in [0.25, 0.3) is 0 Å². The van der Waals surface area contributed by atoms with Crippen molar-refractivity contribution in [3.05, 3.63) is 70.2 Å². The van der Waals surface area contributed by atoms with Crippen LogP contribution in [0.5, 0.6) is 0 Å². The summed E-state index contributed by atoms with van der Waals surface area (Å²) in [5.41, 5.74) is 4.24. The highest BCUT2D eigenvalue weighted by molar-refractivity contribution is 6.31. The third-order valence-corrected chi connectivity index (χ3v) is 4.53. The van der Waals surface area contributed by atoms with Crippen molar-refractivity contribution < 1.29 is 0 Å². The van der Waals surface area contributed by atoms with E-state index >= 15 is 0 Å². The summed E-state index contributed by atoms with van der Waals surface area (Å²) in [6, 6.07) is 16.9. The molecule has 0 saturated carbocycles. The van der Waals surface area contributed by atoms with E-state index in [1.807, 2.05) is 18.2 Å². The lowest BCUT2D eigenvalue weighted by atomic mass is 9.83. The molecule has 0 fully saturated rings. The van der Waals surface area contributed by atoms with Gasteiger partial charge in [-0.2, -0.15) is 0 Å². The molecular formula is C18H20ClN. The van der Waals surface area contributed by atoms with Gasteiger partial charge >= 0.3 is 0 Å². The molecule has 20 heavy (non-hydrogen) atoms. The van der Waals surface area contributed by atoms with Crippen LogP contribution in [0.3, 0.4) is 0 Å². The van der Waals surface area contributed by atoms with Crippen molar-refractivity contribution in [1.29, 1.82) is 0 Å². The van der Waals surface area contributed by atoms with Gasteiger partial charge in [0.25, 0.3) is 0 Å². The van der Waals surface area contributed by atoms with Gasteiger partial charge in [0.2, 0.25) is 0 Å². The van der Waals surface area contributed by atoms with Crippen LogP contribution in [0.15, 0.2) is 48.5 Å². The van der Waals surface area contributed by atoms with Crippen molar-refractivity contribution in [3.8, 4) is 0 Å². The van der Waals surface area contributed by atoms with Crippen LogP contribution in [0.1, 0.15) is 35.4 Å². The van der Waals surface area contributed by atoms with Gasteiger partial charge < -0.3 is 5.32 Å². The minimum atomic E-state index is 0.641. The monoisotopic (exact) mass is 285 g/mol. The second kappa shape index (κ2) is 6.43. The molecule has 0 saturated heterocycles. The van der Waals surface area contributed by atoms with Gasteiger partial charge in [-0.15, -0.1) is 0 Å². The van der Waals surface area contributed by atoms with Gasteiger partial charge in [-0.3, -0.25) is 0 Å². The Kier molecular flexibility index (Phi) is 4.39. The number of rotatable bonds is 4. The molecule has 104 valence electrons. The summed E-state index contributed by atoms with van der Waals surface area (Å²) >= 11 is 6.19. The Balaban J connectivity index is 1.61. The average molecular weight is 286 g/mol. The third-order valence-electron chi connectivity index (χ3n) is 4.16. The molecular weight excluding hydrogens is 266 g/mol. The highest BCUT2D eigenvalue weighted by atomic mass is 35.5. The predicted octanol–water partition coefficient (Wildman–Crippen LogP) is 4.55. The Morgan fingerprint density at radius 3 is 2.75 bits per heavy atom. The Hall–Kier alpha value is -1.31. The Labute approximate surface area is 126 Å². The van der Waals surface area contributed by atoms with Crippen molar-refractivity contribution in [2.75, 3.05) is 6.54 Å². The summed E-state index contributed by atoms with van der Waals surface area (Å²) in [6.45, 7) is 1.88. The molecule has 1 nitrogen and oxygen atoms in total.